The first kappa shape index (κ1) is 15.1. The standard InChI is InChI=1S/C15H18O4/c1-11(16)8-9-14(12(2)17)15(18)19-10-13-6-4-3-5-7-13/h3-7,14H,8-10H2,1-2H3. The second kappa shape index (κ2) is 7.46. The number of ketones is 2. The number of ether oxygens (including phenoxy) is 1. The van der Waals surface area contributed by atoms with Crippen molar-refractivity contribution >= 4 is 17.5 Å². The summed E-state index contributed by atoms with van der Waals surface area (Å²) in [7, 11) is 0. The maximum absolute atomic E-state index is 11.8. The van der Waals surface area contributed by atoms with Gasteiger partial charge in [0.25, 0.3) is 0 Å². The van der Waals surface area contributed by atoms with E-state index in [1.165, 1.54) is 13.8 Å². The first-order valence-corrected chi connectivity index (χ1v) is 6.21. The molecule has 0 fully saturated rings. The van der Waals surface area contributed by atoms with E-state index in [4.69, 9.17) is 4.74 Å². The zero-order chi connectivity index (χ0) is 14.3. The van der Waals surface area contributed by atoms with Crippen molar-refractivity contribution in [2.24, 2.45) is 5.92 Å². The number of esters is 1. The minimum Gasteiger partial charge on any atom is -0.460 e. The Morgan fingerprint density at radius 2 is 1.74 bits per heavy atom. The van der Waals surface area contributed by atoms with Gasteiger partial charge in [-0.05, 0) is 25.8 Å². The zero-order valence-corrected chi connectivity index (χ0v) is 11.2. The SMILES string of the molecule is CC(=O)CCC(C(C)=O)C(=O)OCc1ccccc1. The van der Waals surface area contributed by atoms with Crippen LogP contribution in [0.3, 0.4) is 0 Å². The largest absolute Gasteiger partial charge is 0.460 e. The molecule has 0 aliphatic rings. The Kier molecular flexibility index (Phi) is 5.93. The topological polar surface area (TPSA) is 60.4 Å². The van der Waals surface area contributed by atoms with Crippen LogP contribution < -0.4 is 0 Å². The first-order chi connectivity index (χ1) is 9.00. The van der Waals surface area contributed by atoms with Crippen molar-refractivity contribution in [1.29, 1.82) is 0 Å². The highest BCUT2D eigenvalue weighted by Gasteiger charge is 2.25. The Hall–Kier alpha value is -1.97. The zero-order valence-electron chi connectivity index (χ0n) is 11.2. The highest BCUT2D eigenvalue weighted by atomic mass is 16.5. The molecule has 0 aromatic heterocycles. The van der Waals surface area contributed by atoms with E-state index in [1.54, 1.807) is 0 Å². The Morgan fingerprint density at radius 1 is 1.11 bits per heavy atom. The molecule has 0 amide bonds. The van der Waals surface area contributed by atoms with Gasteiger partial charge in [-0.2, -0.15) is 0 Å². The van der Waals surface area contributed by atoms with Gasteiger partial charge < -0.3 is 9.53 Å². The van der Waals surface area contributed by atoms with Gasteiger partial charge in [-0.15, -0.1) is 0 Å². The molecule has 1 atom stereocenters. The molecule has 0 heterocycles. The average Bonchev–Trinajstić information content (AvgIpc) is 2.37. The maximum atomic E-state index is 11.8. The van der Waals surface area contributed by atoms with Crippen LogP contribution in [0.25, 0.3) is 0 Å². The lowest BCUT2D eigenvalue weighted by atomic mass is 9.98. The van der Waals surface area contributed by atoms with Crippen molar-refractivity contribution in [3.05, 3.63) is 35.9 Å². The van der Waals surface area contributed by atoms with Crippen molar-refractivity contribution in [3.63, 3.8) is 0 Å². The van der Waals surface area contributed by atoms with Crippen LogP contribution in [0.1, 0.15) is 32.3 Å². The quantitative estimate of drug-likeness (QED) is 0.559. The average molecular weight is 262 g/mol. The molecule has 4 nitrogen and oxygen atoms in total. The van der Waals surface area contributed by atoms with Gasteiger partial charge in [0.2, 0.25) is 0 Å². The number of hydrogen-bond acceptors (Lipinski definition) is 4. The predicted octanol–water partition coefficient (Wildman–Crippen LogP) is 2.30. The summed E-state index contributed by atoms with van der Waals surface area (Å²) in [5.41, 5.74) is 0.865. The number of benzene rings is 1. The monoisotopic (exact) mass is 262 g/mol. The van der Waals surface area contributed by atoms with Crippen LogP contribution in [0, 0.1) is 5.92 Å². The van der Waals surface area contributed by atoms with Gasteiger partial charge in [-0.1, -0.05) is 30.3 Å². The Balaban J connectivity index is 2.53. The van der Waals surface area contributed by atoms with Crippen LogP contribution in [0.5, 0.6) is 0 Å². The minimum absolute atomic E-state index is 0.0397. The van der Waals surface area contributed by atoms with E-state index >= 15 is 0 Å². The molecule has 1 rings (SSSR count). The molecule has 1 unspecified atom stereocenters. The normalized spacial score (nSPS) is 11.7. The molecule has 0 radical (unpaired) electrons. The number of hydrogen-bond donors (Lipinski definition) is 0. The first-order valence-electron chi connectivity index (χ1n) is 6.21. The Labute approximate surface area is 112 Å². The second-order valence-corrected chi connectivity index (χ2v) is 4.50. The lowest BCUT2D eigenvalue weighted by Crippen LogP contribution is -2.24. The summed E-state index contributed by atoms with van der Waals surface area (Å²) in [4.78, 5) is 34.1. The van der Waals surface area contributed by atoms with Gasteiger partial charge >= 0.3 is 5.97 Å². The van der Waals surface area contributed by atoms with Gasteiger partial charge in [0.05, 0.1) is 0 Å². The summed E-state index contributed by atoms with van der Waals surface area (Å²) >= 11 is 0. The number of carbonyl (C=O) groups excluding carboxylic acids is 3. The lowest BCUT2D eigenvalue weighted by Gasteiger charge is -2.12. The van der Waals surface area contributed by atoms with E-state index in [9.17, 15) is 14.4 Å². The molecule has 1 aromatic rings. The van der Waals surface area contributed by atoms with Gasteiger partial charge in [0, 0.05) is 6.42 Å². The van der Waals surface area contributed by atoms with E-state index in [1.807, 2.05) is 30.3 Å². The van der Waals surface area contributed by atoms with E-state index in [0.29, 0.717) is 0 Å². The van der Waals surface area contributed by atoms with Crippen molar-refractivity contribution in [3.8, 4) is 0 Å². The third kappa shape index (κ3) is 5.46. The number of Topliss-reactive ketones (excluding diaryl/α,β-unsaturated/α-hetero) is 2. The highest BCUT2D eigenvalue weighted by molar-refractivity contribution is 5.98. The number of rotatable bonds is 7. The van der Waals surface area contributed by atoms with Gasteiger partial charge in [0.15, 0.2) is 0 Å². The van der Waals surface area contributed by atoms with Crippen LogP contribution in [0.2, 0.25) is 0 Å². The van der Waals surface area contributed by atoms with Crippen molar-refractivity contribution in [2.45, 2.75) is 33.3 Å². The van der Waals surface area contributed by atoms with Crippen LogP contribution in [-0.4, -0.2) is 17.5 Å². The Morgan fingerprint density at radius 3 is 2.26 bits per heavy atom. The molecule has 0 aliphatic heterocycles. The molecule has 0 saturated heterocycles. The lowest BCUT2D eigenvalue weighted by molar-refractivity contribution is -0.153. The summed E-state index contributed by atoms with van der Waals surface area (Å²) < 4.78 is 5.11. The van der Waals surface area contributed by atoms with E-state index in [-0.39, 0.29) is 31.0 Å². The van der Waals surface area contributed by atoms with Crippen molar-refractivity contribution in [1.82, 2.24) is 0 Å². The molecule has 0 aliphatic carbocycles. The maximum Gasteiger partial charge on any atom is 0.316 e. The van der Waals surface area contributed by atoms with E-state index in [0.717, 1.165) is 5.56 Å². The minimum atomic E-state index is -0.840. The molecular weight excluding hydrogens is 244 g/mol. The summed E-state index contributed by atoms with van der Waals surface area (Å²) in [5, 5.41) is 0. The van der Waals surface area contributed by atoms with Crippen LogP contribution in [0.4, 0.5) is 0 Å². The Bertz CT molecular complexity index is 450. The third-order valence-electron chi connectivity index (χ3n) is 2.78. The summed E-state index contributed by atoms with van der Waals surface area (Å²) in [6.07, 6.45) is 0.434. The molecule has 1 aromatic carbocycles. The fourth-order valence-electron chi connectivity index (χ4n) is 1.66. The smallest absolute Gasteiger partial charge is 0.316 e. The van der Waals surface area contributed by atoms with Crippen molar-refractivity contribution < 1.29 is 19.1 Å². The summed E-state index contributed by atoms with van der Waals surface area (Å²) in [5.74, 6) is -1.70. The molecule has 4 heteroatoms. The van der Waals surface area contributed by atoms with Gasteiger partial charge in [-0.3, -0.25) is 9.59 Å². The fraction of sp³-hybridized carbons (Fsp3) is 0.400. The molecule has 0 bridgehead atoms. The predicted molar refractivity (Wildman–Crippen MR) is 70.3 cm³/mol. The highest BCUT2D eigenvalue weighted by Crippen LogP contribution is 2.12. The van der Waals surface area contributed by atoms with Gasteiger partial charge in [0.1, 0.15) is 24.1 Å². The molecule has 0 spiro atoms. The molecule has 0 saturated carbocycles. The van der Waals surface area contributed by atoms with Crippen LogP contribution in [-0.2, 0) is 25.7 Å². The van der Waals surface area contributed by atoms with E-state index in [2.05, 4.69) is 0 Å². The second-order valence-electron chi connectivity index (χ2n) is 4.50. The summed E-state index contributed by atoms with van der Waals surface area (Å²) in [6, 6.07) is 9.25. The summed E-state index contributed by atoms with van der Waals surface area (Å²) in [6.45, 7) is 2.92. The number of carbonyl (C=O) groups is 3. The van der Waals surface area contributed by atoms with E-state index < -0.39 is 11.9 Å². The van der Waals surface area contributed by atoms with Gasteiger partial charge in [-0.25, -0.2) is 0 Å². The van der Waals surface area contributed by atoms with Crippen molar-refractivity contribution in [2.75, 3.05) is 0 Å². The third-order valence-corrected chi connectivity index (χ3v) is 2.78. The van der Waals surface area contributed by atoms with Crippen LogP contribution >= 0.6 is 0 Å². The van der Waals surface area contributed by atoms with Crippen LogP contribution in [0.15, 0.2) is 30.3 Å². The molecular formula is C15H18O4. The fourth-order valence-corrected chi connectivity index (χ4v) is 1.66. The molecule has 0 N–H and O–H groups in total. The molecule has 102 valence electrons. The molecule has 19 heavy (non-hydrogen) atoms.